The van der Waals surface area contributed by atoms with Crippen LogP contribution in [0.1, 0.15) is 96.5 Å². The SMILES string of the molecule is CCCCCCCCN(CC=Cc1ccccc1)CCCCCCCC. The Morgan fingerprint density at radius 3 is 1.69 bits per heavy atom. The van der Waals surface area contributed by atoms with Gasteiger partial charge < -0.3 is 0 Å². The van der Waals surface area contributed by atoms with Crippen LogP contribution in [0.2, 0.25) is 0 Å². The molecule has 0 bridgehead atoms. The van der Waals surface area contributed by atoms with Crippen LogP contribution in [0.5, 0.6) is 0 Å². The third-order valence-corrected chi connectivity index (χ3v) is 5.13. The highest BCUT2D eigenvalue weighted by Gasteiger charge is 2.03. The lowest BCUT2D eigenvalue weighted by atomic mass is 10.1. The topological polar surface area (TPSA) is 3.24 Å². The Kier molecular flexibility index (Phi) is 15.3. The standard InChI is InChI=1S/C25H43N/c1-3-5-7-9-11-16-22-26(23-17-12-10-8-6-4-2)24-18-21-25-19-14-13-15-20-25/h13-15,18-21H,3-12,16-17,22-24H2,1-2H3. The minimum Gasteiger partial charge on any atom is -0.300 e. The molecule has 0 unspecified atom stereocenters. The van der Waals surface area contributed by atoms with Gasteiger partial charge in [0.15, 0.2) is 0 Å². The molecule has 1 heteroatoms. The highest BCUT2D eigenvalue weighted by molar-refractivity contribution is 5.48. The summed E-state index contributed by atoms with van der Waals surface area (Å²) >= 11 is 0. The van der Waals surface area contributed by atoms with E-state index in [1.807, 2.05) is 0 Å². The van der Waals surface area contributed by atoms with Crippen molar-refractivity contribution in [3.05, 3.63) is 42.0 Å². The predicted octanol–water partition coefficient (Wildman–Crippen LogP) is 7.72. The van der Waals surface area contributed by atoms with Gasteiger partial charge in [-0.05, 0) is 31.5 Å². The van der Waals surface area contributed by atoms with Crippen LogP contribution in [0, 0.1) is 0 Å². The maximum absolute atomic E-state index is 2.67. The largest absolute Gasteiger partial charge is 0.300 e. The van der Waals surface area contributed by atoms with Crippen molar-refractivity contribution in [1.82, 2.24) is 4.90 Å². The molecular weight excluding hydrogens is 314 g/mol. The zero-order chi connectivity index (χ0) is 18.7. The molecule has 0 heterocycles. The van der Waals surface area contributed by atoms with Crippen LogP contribution in [0.15, 0.2) is 36.4 Å². The number of unbranched alkanes of at least 4 members (excludes halogenated alkanes) is 10. The minimum atomic E-state index is 1.10. The predicted molar refractivity (Wildman–Crippen MR) is 119 cm³/mol. The van der Waals surface area contributed by atoms with Crippen LogP contribution in [-0.4, -0.2) is 24.5 Å². The van der Waals surface area contributed by atoms with Crippen molar-refractivity contribution < 1.29 is 0 Å². The number of hydrogen-bond donors (Lipinski definition) is 0. The molecule has 0 aromatic heterocycles. The van der Waals surface area contributed by atoms with Crippen LogP contribution in [0.4, 0.5) is 0 Å². The molecule has 0 fully saturated rings. The Morgan fingerprint density at radius 2 is 1.15 bits per heavy atom. The summed E-state index contributed by atoms with van der Waals surface area (Å²) in [6.07, 6.45) is 21.3. The van der Waals surface area contributed by atoms with Crippen LogP contribution >= 0.6 is 0 Å². The normalized spacial score (nSPS) is 11.7. The van der Waals surface area contributed by atoms with Crippen molar-refractivity contribution in [3.63, 3.8) is 0 Å². The van der Waals surface area contributed by atoms with E-state index in [2.05, 4.69) is 61.2 Å². The molecule has 0 atom stereocenters. The van der Waals surface area contributed by atoms with Crippen molar-refractivity contribution in [3.8, 4) is 0 Å². The zero-order valence-corrected chi connectivity index (χ0v) is 17.6. The molecule has 148 valence electrons. The maximum atomic E-state index is 2.67. The Hall–Kier alpha value is -1.08. The third-order valence-electron chi connectivity index (χ3n) is 5.13. The molecule has 0 saturated heterocycles. The van der Waals surface area contributed by atoms with Crippen LogP contribution in [0.25, 0.3) is 6.08 Å². The molecular formula is C25H43N. The molecule has 0 saturated carbocycles. The quantitative estimate of drug-likeness (QED) is 0.258. The average molecular weight is 358 g/mol. The van der Waals surface area contributed by atoms with Crippen molar-refractivity contribution in [1.29, 1.82) is 0 Å². The molecule has 0 N–H and O–H groups in total. The second-order valence-electron chi connectivity index (χ2n) is 7.65. The number of rotatable bonds is 17. The second-order valence-corrected chi connectivity index (χ2v) is 7.65. The van der Waals surface area contributed by atoms with E-state index < -0.39 is 0 Å². The number of nitrogens with zero attached hydrogens (tertiary/aromatic N) is 1. The molecule has 1 aromatic carbocycles. The van der Waals surface area contributed by atoms with Gasteiger partial charge in [0, 0.05) is 6.54 Å². The Morgan fingerprint density at radius 1 is 0.654 bits per heavy atom. The molecule has 1 nitrogen and oxygen atoms in total. The fraction of sp³-hybridized carbons (Fsp3) is 0.680. The van der Waals surface area contributed by atoms with Crippen molar-refractivity contribution in [2.45, 2.75) is 90.9 Å². The molecule has 26 heavy (non-hydrogen) atoms. The van der Waals surface area contributed by atoms with Gasteiger partial charge in [-0.25, -0.2) is 0 Å². The smallest absolute Gasteiger partial charge is 0.0166 e. The third kappa shape index (κ3) is 13.2. The van der Waals surface area contributed by atoms with Crippen LogP contribution in [-0.2, 0) is 0 Å². The first-order valence-electron chi connectivity index (χ1n) is 11.3. The Labute approximate surface area is 163 Å². The van der Waals surface area contributed by atoms with E-state index in [0.717, 1.165) is 6.54 Å². The number of hydrogen-bond acceptors (Lipinski definition) is 1. The summed E-state index contributed by atoms with van der Waals surface area (Å²) in [7, 11) is 0. The molecule has 0 spiro atoms. The molecule has 0 amide bonds. The highest BCUT2D eigenvalue weighted by Crippen LogP contribution is 2.09. The lowest BCUT2D eigenvalue weighted by Gasteiger charge is -2.20. The summed E-state index contributed by atoms with van der Waals surface area (Å²) in [5.74, 6) is 0. The summed E-state index contributed by atoms with van der Waals surface area (Å²) in [6.45, 7) is 8.21. The minimum absolute atomic E-state index is 1.10. The van der Waals surface area contributed by atoms with Crippen LogP contribution < -0.4 is 0 Å². The molecule has 1 rings (SSSR count). The highest BCUT2D eigenvalue weighted by atomic mass is 15.1. The first-order valence-corrected chi connectivity index (χ1v) is 11.3. The Balaban J connectivity index is 2.28. The van der Waals surface area contributed by atoms with Gasteiger partial charge in [-0.15, -0.1) is 0 Å². The van der Waals surface area contributed by atoms with Gasteiger partial charge in [0.2, 0.25) is 0 Å². The van der Waals surface area contributed by atoms with E-state index in [-0.39, 0.29) is 0 Å². The summed E-state index contributed by atoms with van der Waals surface area (Å²) in [5, 5.41) is 0. The zero-order valence-electron chi connectivity index (χ0n) is 17.6. The van der Waals surface area contributed by atoms with E-state index in [9.17, 15) is 0 Å². The number of benzene rings is 1. The van der Waals surface area contributed by atoms with E-state index in [1.54, 1.807) is 0 Å². The van der Waals surface area contributed by atoms with Gasteiger partial charge in [0.05, 0.1) is 0 Å². The fourth-order valence-corrected chi connectivity index (χ4v) is 3.43. The fourth-order valence-electron chi connectivity index (χ4n) is 3.43. The van der Waals surface area contributed by atoms with Gasteiger partial charge in [0.25, 0.3) is 0 Å². The first kappa shape index (κ1) is 23.0. The van der Waals surface area contributed by atoms with Crippen molar-refractivity contribution in [2.75, 3.05) is 19.6 Å². The van der Waals surface area contributed by atoms with Crippen LogP contribution in [0.3, 0.4) is 0 Å². The van der Waals surface area contributed by atoms with E-state index in [0.29, 0.717) is 0 Å². The van der Waals surface area contributed by atoms with E-state index in [1.165, 1.54) is 95.7 Å². The molecule has 1 aromatic rings. The van der Waals surface area contributed by atoms with Gasteiger partial charge >= 0.3 is 0 Å². The van der Waals surface area contributed by atoms with Crippen molar-refractivity contribution in [2.24, 2.45) is 0 Å². The lowest BCUT2D eigenvalue weighted by molar-refractivity contribution is 0.286. The van der Waals surface area contributed by atoms with Gasteiger partial charge in [-0.2, -0.15) is 0 Å². The Bertz CT molecular complexity index is 407. The average Bonchev–Trinajstić information content (AvgIpc) is 2.67. The van der Waals surface area contributed by atoms with E-state index >= 15 is 0 Å². The summed E-state index contributed by atoms with van der Waals surface area (Å²) in [6, 6.07) is 10.7. The summed E-state index contributed by atoms with van der Waals surface area (Å²) < 4.78 is 0. The van der Waals surface area contributed by atoms with Crippen molar-refractivity contribution >= 4 is 6.08 Å². The molecule has 0 radical (unpaired) electrons. The second kappa shape index (κ2) is 17.3. The lowest BCUT2D eigenvalue weighted by Crippen LogP contribution is -2.26. The van der Waals surface area contributed by atoms with Gasteiger partial charge in [-0.3, -0.25) is 4.90 Å². The molecule has 0 aliphatic carbocycles. The van der Waals surface area contributed by atoms with E-state index in [4.69, 9.17) is 0 Å². The summed E-state index contributed by atoms with van der Waals surface area (Å²) in [4.78, 5) is 2.67. The maximum Gasteiger partial charge on any atom is 0.0166 e. The van der Waals surface area contributed by atoms with Gasteiger partial charge in [0.1, 0.15) is 0 Å². The summed E-state index contributed by atoms with van der Waals surface area (Å²) in [5.41, 5.74) is 1.31. The monoisotopic (exact) mass is 357 g/mol. The molecule has 0 aliphatic rings. The van der Waals surface area contributed by atoms with Gasteiger partial charge in [-0.1, -0.05) is 121 Å². The molecule has 0 aliphatic heterocycles. The first-order chi connectivity index (χ1) is 12.9.